The van der Waals surface area contributed by atoms with Crippen LogP contribution in [0.25, 0.3) is 0 Å². The highest BCUT2D eigenvalue weighted by Gasteiger charge is 2.32. The summed E-state index contributed by atoms with van der Waals surface area (Å²) >= 11 is 0. The first-order valence-electron chi connectivity index (χ1n) is 7.27. The quantitative estimate of drug-likeness (QED) is 0.778. The Labute approximate surface area is 130 Å². The Hall–Kier alpha value is -1.85. The minimum absolute atomic E-state index is 0.0312. The number of allylic oxidation sites excluding steroid dienone is 4. The fraction of sp³-hybridized carbons (Fsp3) is 0.471. The van der Waals surface area contributed by atoms with Gasteiger partial charge in [-0.25, -0.2) is 4.79 Å². The number of ether oxygens (including phenoxy) is 2. The molecule has 0 amide bonds. The summed E-state index contributed by atoms with van der Waals surface area (Å²) in [6, 6.07) is 0. The van der Waals surface area contributed by atoms with Crippen LogP contribution in [0, 0.1) is 11.8 Å². The van der Waals surface area contributed by atoms with Crippen LogP contribution in [0.2, 0.25) is 0 Å². The van der Waals surface area contributed by atoms with Crippen molar-refractivity contribution in [2.75, 3.05) is 13.2 Å². The Kier molecular flexibility index (Phi) is 4.88. The van der Waals surface area contributed by atoms with Gasteiger partial charge in [-0.1, -0.05) is 48.6 Å². The van der Waals surface area contributed by atoms with Crippen LogP contribution in [0.4, 0.5) is 4.79 Å². The minimum atomic E-state index is -1.05. The smallest absolute Gasteiger partial charge is 0.434 e. The summed E-state index contributed by atoms with van der Waals surface area (Å²) in [6.45, 7) is 3.37. The molecule has 0 saturated carbocycles. The molecule has 2 N–H and O–H groups in total. The molecule has 2 rings (SSSR count). The van der Waals surface area contributed by atoms with E-state index in [9.17, 15) is 15.0 Å². The molecule has 22 heavy (non-hydrogen) atoms. The molecule has 5 heteroatoms. The fourth-order valence-electron chi connectivity index (χ4n) is 2.34. The Morgan fingerprint density at radius 2 is 1.32 bits per heavy atom. The Morgan fingerprint density at radius 3 is 1.68 bits per heavy atom. The standard InChI is InChI=1S/C17H22O5/c1-16(19)9-5-3-7-13(16)11-21-15(18)22-12-14-8-4-6-10-17(14,2)20/h3-10,13-14,19-20H,11-12H2,1-2H3. The molecule has 0 spiro atoms. The molecule has 120 valence electrons. The summed E-state index contributed by atoms with van der Waals surface area (Å²) < 4.78 is 10.1. The van der Waals surface area contributed by atoms with Crippen molar-refractivity contribution in [1.82, 2.24) is 0 Å². The molecule has 2 aliphatic rings. The van der Waals surface area contributed by atoms with Gasteiger partial charge in [0.1, 0.15) is 13.2 Å². The third kappa shape index (κ3) is 4.08. The molecule has 5 nitrogen and oxygen atoms in total. The third-order valence-electron chi connectivity index (χ3n) is 4.04. The summed E-state index contributed by atoms with van der Waals surface area (Å²) in [4.78, 5) is 11.7. The Balaban J connectivity index is 1.77. The van der Waals surface area contributed by atoms with Gasteiger partial charge in [-0.3, -0.25) is 0 Å². The van der Waals surface area contributed by atoms with Crippen molar-refractivity contribution in [3.8, 4) is 0 Å². The molecule has 0 aromatic carbocycles. The van der Waals surface area contributed by atoms with Crippen LogP contribution in [0.5, 0.6) is 0 Å². The molecule has 0 aromatic heterocycles. The number of aliphatic hydroxyl groups is 2. The molecule has 4 unspecified atom stereocenters. The third-order valence-corrected chi connectivity index (χ3v) is 4.04. The van der Waals surface area contributed by atoms with E-state index >= 15 is 0 Å². The monoisotopic (exact) mass is 306 g/mol. The SMILES string of the molecule is CC1(O)C=CC=CC1COC(=O)OCC1C=CC=CC1(C)O. The maximum Gasteiger partial charge on any atom is 0.508 e. The number of carbonyl (C=O) groups excluding carboxylic acids is 1. The zero-order chi connectivity index (χ0) is 16.2. The molecule has 0 saturated heterocycles. The minimum Gasteiger partial charge on any atom is -0.434 e. The van der Waals surface area contributed by atoms with Crippen LogP contribution in [0.1, 0.15) is 13.8 Å². The largest absolute Gasteiger partial charge is 0.508 e. The second-order valence-electron chi connectivity index (χ2n) is 6.02. The predicted octanol–water partition coefficient (Wildman–Crippen LogP) is 2.13. The average Bonchev–Trinajstić information content (AvgIpc) is 2.44. The van der Waals surface area contributed by atoms with Crippen LogP contribution >= 0.6 is 0 Å². The van der Waals surface area contributed by atoms with Crippen LogP contribution in [-0.4, -0.2) is 40.8 Å². The van der Waals surface area contributed by atoms with Crippen LogP contribution < -0.4 is 0 Å². The number of rotatable bonds is 4. The van der Waals surface area contributed by atoms with Gasteiger partial charge >= 0.3 is 6.16 Å². The molecule has 0 radical (unpaired) electrons. The molecule has 0 fully saturated rings. The van der Waals surface area contributed by atoms with Gasteiger partial charge in [0.15, 0.2) is 0 Å². The van der Waals surface area contributed by atoms with E-state index in [1.54, 1.807) is 62.5 Å². The molecular weight excluding hydrogens is 284 g/mol. The van der Waals surface area contributed by atoms with Crippen molar-refractivity contribution in [3.63, 3.8) is 0 Å². The van der Waals surface area contributed by atoms with E-state index in [1.807, 2.05) is 0 Å². The maximum absolute atomic E-state index is 11.7. The van der Waals surface area contributed by atoms with Gasteiger partial charge in [0.2, 0.25) is 0 Å². The lowest BCUT2D eigenvalue weighted by Crippen LogP contribution is -2.37. The first-order valence-corrected chi connectivity index (χ1v) is 7.27. The van der Waals surface area contributed by atoms with Crippen LogP contribution in [0.3, 0.4) is 0 Å². The molecule has 0 bridgehead atoms. The second-order valence-corrected chi connectivity index (χ2v) is 6.02. The molecule has 4 atom stereocenters. The van der Waals surface area contributed by atoms with Gasteiger partial charge < -0.3 is 19.7 Å². The van der Waals surface area contributed by atoms with Gasteiger partial charge in [-0.05, 0) is 13.8 Å². The highest BCUT2D eigenvalue weighted by molar-refractivity contribution is 5.60. The van der Waals surface area contributed by atoms with Crippen molar-refractivity contribution in [3.05, 3.63) is 48.6 Å². The lowest BCUT2D eigenvalue weighted by molar-refractivity contribution is -0.0129. The van der Waals surface area contributed by atoms with E-state index in [1.165, 1.54) is 0 Å². The molecule has 0 aromatic rings. The summed E-state index contributed by atoms with van der Waals surface area (Å²) in [6.07, 6.45) is 13.2. The van der Waals surface area contributed by atoms with Crippen molar-refractivity contribution in [2.24, 2.45) is 11.8 Å². The topological polar surface area (TPSA) is 76.0 Å². The zero-order valence-corrected chi connectivity index (χ0v) is 12.8. The van der Waals surface area contributed by atoms with E-state index < -0.39 is 17.4 Å². The first-order chi connectivity index (χ1) is 10.3. The van der Waals surface area contributed by atoms with Crippen LogP contribution in [-0.2, 0) is 9.47 Å². The van der Waals surface area contributed by atoms with E-state index in [-0.39, 0.29) is 25.0 Å². The number of carbonyl (C=O) groups is 1. The highest BCUT2D eigenvalue weighted by atomic mass is 16.7. The predicted molar refractivity (Wildman–Crippen MR) is 82.1 cm³/mol. The lowest BCUT2D eigenvalue weighted by atomic mass is 9.86. The summed E-state index contributed by atoms with van der Waals surface area (Å²) in [5, 5.41) is 20.3. The number of hydrogen-bond acceptors (Lipinski definition) is 5. The van der Waals surface area contributed by atoms with E-state index in [0.717, 1.165) is 0 Å². The van der Waals surface area contributed by atoms with Gasteiger partial charge in [0, 0.05) is 11.8 Å². The summed E-state index contributed by atoms with van der Waals surface area (Å²) in [5.74, 6) is -0.628. The van der Waals surface area contributed by atoms with E-state index in [4.69, 9.17) is 9.47 Å². The van der Waals surface area contributed by atoms with Crippen molar-refractivity contribution in [2.45, 2.75) is 25.0 Å². The van der Waals surface area contributed by atoms with Gasteiger partial charge in [0.05, 0.1) is 11.2 Å². The summed E-state index contributed by atoms with van der Waals surface area (Å²) in [5.41, 5.74) is -2.09. The van der Waals surface area contributed by atoms with Crippen molar-refractivity contribution < 1.29 is 24.5 Å². The van der Waals surface area contributed by atoms with Crippen LogP contribution in [0.15, 0.2) is 48.6 Å². The van der Waals surface area contributed by atoms with Gasteiger partial charge in [-0.2, -0.15) is 0 Å². The molecule has 2 aliphatic carbocycles. The summed E-state index contributed by atoms with van der Waals surface area (Å²) in [7, 11) is 0. The maximum atomic E-state index is 11.7. The fourth-order valence-corrected chi connectivity index (χ4v) is 2.34. The normalized spacial score (nSPS) is 36.4. The van der Waals surface area contributed by atoms with E-state index in [0.29, 0.717) is 0 Å². The molecular formula is C17H22O5. The first kappa shape index (κ1) is 16.5. The highest BCUT2D eigenvalue weighted by Crippen LogP contribution is 2.25. The molecule has 0 heterocycles. The van der Waals surface area contributed by atoms with E-state index in [2.05, 4.69) is 0 Å². The zero-order valence-electron chi connectivity index (χ0n) is 12.8. The van der Waals surface area contributed by atoms with Crippen molar-refractivity contribution >= 4 is 6.16 Å². The Morgan fingerprint density at radius 1 is 0.909 bits per heavy atom. The average molecular weight is 306 g/mol. The molecule has 0 aliphatic heterocycles. The van der Waals surface area contributed by atoms with Crippen molar-refractivity contribution in [1.29, 1.82) is 0 Å². The van der Waals surface area contributed by atoms with Gasteiger partial charge in [0.25, 0.3) is 0 Å². The Bertz CT molecular complexity index is 479. The lowest BCUT2D eigenvalue weighted by Gasteiger charge is -2.30. The van der Waals surface area contributed by atoms with Gasteiger partial charge in [-0.15, -0.1) is 0 Å². The second kappa shape index (κ2) is 6.50. The number of hydrogen-bond donors (Lipinski definition) is 2.